The van der Waals surface area contributed by atoms with Crippen molar-refractivity contribution in [2.75, 3.05) is 6.61 Å². The van der Waals surface area contributed by atoms with Gasteiger partial charge in [-0.25, -0.2) is 4.79 Å². The Morgan fingerprint density at radius 2 is 2.18 bits per heavy atom. The van der Waals surface area contributed by atoms with Gasteiger partial charge < -0.3 is 10.1 Å². The van der Waals surface area contributed by atoms with Gasteiger partial charge in [0.05, 0.1) is 6.61 Å². The van der Waals surface area contributed by atoms with Crippen molar-refractivity contribution >= 4 is 35.0 Å². The molecule has 0 saturated carbocycles. The van der Waals surface area contributed by atoms with E-state index >= 15 is 0 Å². The van der Waals surface area contributed by atoms with Crippen molar-refractivity contribution in [3.8, 4) is 0 Å². The maximum atomic E-state index is 11.0. The summed E-state index contributed by atoms with van der Waals surface area (Å²) < 4.78 is 4.68. The van der Waals surface area contributed by atoms with E-state index in [-0.39, 0.29) is 5.11 Å². The highest BCUT2D eigenvalue weighted by Crippen LogP contribution is 2.13. The molecule has 1 aromatic rings. The third-order valence-corrected chi connectivity index (χ3v) is 2.50. The zero-order valence-corrected chi connectivity index (χ0v) is 10.9. The molecule has 0 fully saturated rings. The molecular weight excluding hydrogens is 260 g/mol. The number of benzene rings is 1. The molecule has 0 spiro atoms. The molecule has 0 heterocycles. The predicted molar refractivity (Wildman–Crippen MR) is 71.0 cm³/mol. The summed E-state index contributed by atoms with van der Waals surface area (Å²) in [4.78, 5) is 11.0. The molecule has 1 rings (SSSR count). The number of amides is 1. The van der Waals surface area contributed by atoms with Gasteiger partial charge in [-0.15, -0.1) is 0 Å². The minimum Gasteiger partial charge on any atom is -0.450 e. The number of alkyl carbamates (subject to hydrolysis) is 1. The van der Waals surface area contributed by atoms with Crippen LogP contribution in [0.15, 0.2) is 24.3 Å². The molecule has 0 aromatic heterocycles. The Balaban J connectivity index is 2.38. The number of rotatable bonds is 3. The average molecular weight is 273 g/mol. The van der Waals surface area contributed by atoms with Crippen LogP contribution >= 0.6 is 23.8 Å². The topological polar surface area (TPSA) is 50.4 Å². The van der Waals surface area contributed by atoms with Crippen molar-refractivity contribution in [2.45, 2.75) is 13.5 Å². The fraction of sp³-hybridized carbons (Fsp3) is 0.273. The number of hydrogen-bond acceptors (Lipinski definition) is 3. The van der Waals surface area contributed by atoms with Gasteiger partial charge in [-0.1, -0.05) is 29.8 Å². The monoisotopic (exact) mass is 272 g/mol. The van der Waals surface area contributed by atoms with Crippen LogP contribution in [0.25, 0.3) is 0 Å². The van der Waals surface area contributed by atoms with Crippen LogP contribution in [0.5, 0.6) is 0 Å². The molecule has 92 valence electrons. The van der Waals surface area contributed by atoms with Crippen molar-refractivity contribution in [3.63, 3.8) is 0 Å². The van der Waals surface area contributed by atoms with Crippen LogP contribution in [0, 0.1) is 0 Å². The highest BCUT2D eigenvalue weighted by Gasteiger charge is 2.04. The Labute approximate surface area is 110 Å². The second kappa shape index (κ2) is 7.09. The fourth-order valence-corrected chi connectivity index (χ4v) is 1.48. The summed E-state index contributed by atoms with van der Waals surface area (Å²) in [7, 11) is 0. The number of ether oxygens (including phenoxy) is 1. The standard InChI is InChI=1S/C11H13ClN2O2S/c1-2-16-11(15)14-10(17)13-7-8-5-3-4-6-9(8)12/h3-6H,2,7H2,1H3,(H2,13,14,15,17). The van der Waals surface area contributed by atoms with Gasteiger partial charge in [0.15, 0.2) is 5.11 Å². The van der Waals surface area contributed by atoms with Crippen molar-refractivity contribution in [1.29, 1.82) is 0 Å². The zero-order valence-electron chi connectivity index (χ0n) is 9.33. The molecule has 2 N–H and O–H groups in total. The summed E-state index contributed by atoms with van der Waals surface area (Å²) in [6.45, 7) is 2.48. The Morgan fingerprint density at radius 1 is 1.47 bits per heavy atom. The summed E-state index contributed by atoms with van der Waals surface area (Å²) in [5, 5.41) is 6.11. The predicted octanol–water partition coefficient (Wildman–Crippen LogP) is 2.46. The first kappa shape index (κ1) is 13.7. The van der Waals surface area contributed by atoms with E-state index in [4.69, 9.17) is 23.8 Å². The van der Waals surface area contributed by atoms with E-state index in [1.807, 2.05) is 18.2 Å². The molecule has 4 nitrogen and oxygen atoms in total. The first-order chi connectivity index (χ1) is 8.13. The number of carbonyl (C=O) groups is 1. The van der Waals surface area contributed by atoms with Crippen LogP contribution in [-0.4, -0.2) is 17.8 Å². The number of halogens is 1. The van der Waals surface area contributed by atoms with Gasteiger partial charge in [0.2, 0.25) is 0 Å². The number of nitrogens with one attached hydrogen (secondary N) is 2. The van der Waals surface area contributed by atoms with Crippen LogP contribution in [0.3, 0.4) is 0 Å². The Bertz CT molecular complexity index is 412. The van der Waals surface area contributed by atoms with Gasteiger partial charge in [-0.2, -0.15) is 0 Å². The SMILES string of the molecule is CCOC(=O)NC(=S)NCc1ccccc1Cl. The minimum absolute atomic E-state index is 0.211. The van der Waals surface area contributed by atoms with E-state index in [9.17, 15) is 4.79 Å². The van der Waals surface area contributed by atoms with Crippen LogP contribution in [0.1, 0.15) is 12.5 Å². The molecule has 0 radical (unpaired) electrons. The largest absolute Gasteiger partial charge is 0.450 e. The lowest BCUT2D eigenvalue weighted by Gasteiger charge is -2.10. The highest BCUT2D eigenvalue weighted by atomic mass is 35.5. The van der Waals surface area contributed by atoms with Crippen LogP contribution < -0.4 is 10.6 Å². The van der Waals surface area contributed by atoms with Crippen LogP contribution in [0.2, 0.25) is 5.02 Å². The van der Waals surface area contributed by atoms with E-state index in [2.05, 4.69) is 15.4 Å². The highest BCUT2D eigenvalue weighted by molar-refractivity contribution is 7.80. The lowest BCUT2D eigenvalue weighted by molar-refractivity contribution is 0.157. The van der Waals surface area contributed by atoms with E-state index in [0.717, 1.165) is 5.56 Å². The molecule has 0 aliphatic rings. The molecule has 6 heteroatoms. The maximum Gasteiger partial charge on any atom is 0.413 e. The molecular formula is C11H13ClN2O2S. The Hall–Kier alpha value is -1.33. The van der Waals surface area contributed by atoms with E-state index in [1.54, 1.807) is 13.0 Å². The van der Waals surface area contributed by atoms with Gasteiger partial charge in [0, 0.05) is 11.6 Å². The molecule has 0 aliphatic heterocycles. The minimum atomic E-state index is -0.566. The average Bonchev–Trinajstić information content (AvgIpc) is 2.28. The first-order valence-corrected chi connectivity index (χ1v) is 5.87. The Kier molecular flexibility index (Phi) is 5.72. The summed E-state index contributed by atoms with van der Waals surface area (Å²) in [6, 6.07) is 7.40. The molecule has 0 saturated heterocycles. The van der Waals surface area contributed by atoms with Gasteiger partial charge in [-0.05, 0) is 30.8 Å². The molecule has 0 aliphatic carbocycles. The third kappa shape index (κ3) is 5.01. The normalized spacial score (nSPS) is 9.53. The van der Waals surface area contributed by atoms with Crippen molar-refractivity contribution in [1.82, 2.24) is 10.6 Å². The van der Waals surface area contributed by atoms with Crippen LogP contribution in [0.4, 0.5) is 4.79 Å². The number of carbonyl (C=O) groups excluding carboxylic acids is 1. The van der Waals surface area contributed by atoms with Crippen molar-refractivity contribution in [2.24, 2.45) is 0 Å². The van der Waals surface area contributed by atoms with Gasteiger partial charge in [-0.3, -0.25) is 5.32 Å². The summed E-state index contributed by atoms with van der Waals surface area (Å²) in [5.41, 5.74) is 0.905. The van der Waals surface area contributed by atoms with Crippen LogP contribution in [-0.2, 0) is 11.3 Å². The zero-order chi connectivity index (χ0) is 12.7. The Morgan fingerprint density at radius 3 is 2.82 bits per heavy atom. The number of hydrogen-bond donors (Lipinski definition) is 2. The molecule has 0 bridgehead atoms. The van der Waals surface area contributed by atoms with E-state index in [1.165, 1.54) is 0 Å². The lowest BCUT2D eigenvalue weighted by Crippen LogP contribution is -2.39. The maximum absolute atomic E-state index is 11.0. The van der Waals surface area contributed by atoms with Gasteiger partial charge in [0.25, 0.3) is 0 Å². The number of thiocarbonyl (C=S) groups is 1. The van der Waals surface area contributed by atoms with Gasteiger partial charge >= 0.3 is 6.09 Å². The molecule has 17 heavy (non-hydrogen) atoms. The quantitative estimate of drug-likeness (QED) is 0.830. The van der Waals surface area contributed by atoms with E-state index < -0.39 is 6.09 Å². The molecule has 0 atom stereocenters. The summed E-state index contributed by atoms with van der Waals surface area (Å²) in [5.74, 6) is 0. The van der Waals surface area contributed by atoms with Crippen molar-refractivity contribution < 1.29 is 9.53 Å². The van der Waals surface area contributed by atoms with Gasteiger partial charge in [0.1, 0.15) is 0 Å². The summed E-state index contributed by atoms with van der Waals surface area (Å²) in [6.07, 6.45) is -0.566. The lowest BCUT2D eigenvalue weighted by atomic mass is 10.2. The molecule has 0 unspecified atom stereocenters. The second-order valence-corrected chi connectivity index (χ2v) is 3.94. The van der Waals surface area contributed by atoms with E-state index in [0.29, 0.717) is 18.2 Å². The third-order valence-electron chi connectivity index (χ3n) is 1.89. The summed E-state index contributed by atoms with van der Waals surface area (Å²) >= 11 is 10.9. The fourth-order valence-electron chi connectivity index (χ4n) is 1.12. The molecule has 1 aromatic carbocycles. The van der Waals surface area contributed by atoms with Crippen molar-refractivity contribution in [3.05, 3.63) is 34.9 Å². The second-order valence-electron chi connectivity index (χ2n) is 3.12. The smallest absolute Gasteiger partial charge is 0.413 e. The molecule has 1 amide bonds. The first-order valence-electron chi connectivity index (χ1n) is 5.08.